The molecule has 7 N–H and O–H groups in total. The van der Waals surface area contributed by atoms with Crippen LogP contribution < -0.4 is 16.0 Å². The molecule has 9 aromatic carbocycles. The zero-order chi connectivity index (χ0) is 107. The van der Waals surface area contributed by atoms with Crippen LogP contribution in [0.5, 0.6) is 0 Å². The van der Waals surface area contributed by atoms with Crippen LogP contribution in [0.25, 0.3) is 27.8 Å². The predicted molar refractivity (Wildman–Crippen MR) is 582 cm³/mol. The van der Waals surface area contributed by atoms with E-state index in [0.717, 1.165) is 127 Å². The summed E-state index contributed by atoms with van der Waals surface area (Å²) >= 11 is 0. The number of amides is 10. The maximum absolute atomic E-state index is 14.7. The van der Waals surface area contributed by atoms with Gasteiger partial charge in [0.15, 0.2) is 17.1 Å². The molecule has 0 bridgehead atoms. The number of carbonyl (C=O) groups excluding carboxylic acids is 10. The standard InChI is InChI=1S/C42H52N6O5.C42H47N5O4.C35H45N5O6/c1-6-8-21-46(22-9-7-2)42(53)37-23-29(3)48(44-37)38-20-19-33(43-40(51)35(26-39(50)45(4)5)30-15-11-10-12-16-30)25-36(38)41(52)47-27-32-18-14-13-17-31(32)24-34(47)28-49;1-4-6-20-45(21-7-5-2)42(51)38-22-29(3)47(44-38)39-19-18-35(43-40(49)24-30-16-17-31-12-8-9-13-32(31)23-30)26-37(39)41(50)46-27-34-15-11-10-14-33(34)25-36(46)28-48;1-5-7-15-38(16-8-6-2)35(46)30-18-24(4)40(37-30)31-14-13-27(36-33(44)23(3)17-32(42)43)20-29(31)34(45)39-21-26-12-10-9-11-25(26)19-28(39)22-41/h10-20,23,25,34-35,49H,6-9,21-22,24,26-28H2,1-5H3,(H,43,51);8-19,22-23,26,36,48H,4-7,20-21,24-25,27-28H2,1-3H3,(H,43,49);9-14,18,20,23,28,41H,5-8,15-17,19,21-22H2,1-4H3,(H,36,44)(H,42,43)/t34-,35?;36-;23?,28-/m000/s1. The monoisotopic (exact) mass is 2040 g/mol. The summed E-state index contributed by atoms with van der Waals surface area (Å²) in [7, 11) is 3.31. The Balaban J connectivity index is 0.000000188. The fourth-order valence-corrected chi connectivity index (χ4v) is 19.3. The van der Waals surface area contributed by atoms with Crippen molar-refractivity contribution in [2.24, 2.45) is 5.92 Å². The molecule has 31 heteroatoms. The first-order valence-electron chi connectivity index (χ1n) is 52.8. The maximum atomic E-state index is 14.7. The number of carbonyl (C=O) groups is 11. The van der Waals surface area contributed by atoms with Gasteiger partial charge in [0.05, 0.1) is 90.5 Å². The molecule has 790 valence electrons. The molecule has 6 heterocycles. The minimum absolute atomic E-state index is 0.0328. The van der Waals surface area contributed by atoms with Gasteiger partial charge < -0.3 is 70.7 Å². The Morgan fingerprint density at radius 3 is 1.04 bits per heavy atom. The lowest BCUT2D eigenvalue weighted by molar-refractivity contribution is -0.140. The van der Waals surface area contributed by atoms with Crippen molar-refractivity contribution in [3.8, 4) is 17.1 Å². The van der Waals surface area contributed by atoms with Gasteiger partial charge in [0, 0.05) is 119 Å². The summed E-state index contributed by atoms with van der Waals surface area (Å²) in [5.74, 6) is -5.38. The number of carboxylic acid groups (broad SMARTS) is 1. The van der Waals surface area contributed by atoms with E-state index in [1.54, 1.807) is 116 Å². The number of aryl methyl sites for hydroxylation is 3. The molecule has 3 aliphatic heterocycles. The van der Waals surface area contributed by atoms with Crippen molar-refractivity contribution in [3.63, 3.8) is 0 Å². The first-order valence-corrected chi connectivity index (χ1v) is 52.8. The van der Waals surface area contributed by atoms with Gasteiger partial charge in [0.1, 0.15) is 0 Å². The number of rotatable bonds is 42. The fraction of sp³-hybridized carbons (Fsp3) is 0.395. The molecule has 0 radical (unpaired) electrons. The van der Waals surface area contributed by atoms with Crippen LogP contribution in [0.2, 0.25) is 0 Å². The summed E-state index contributed by atoms with van der Waals surface area (Å²) in [6.45, 7) is 23.8. The predicted octanol–water partition coefficient (Wildman–Crippen LogP) is 17.9. The summed E-state index contributed by atoms with van der Waals surface area (Å²) in [5, 5.41) is 65.4. The first-order chi connectivity index (χ1) is 72.4. The molecule has 10 amide bonds. The zero-order valence-electron chi connectivity index (χ0n) is 88.5. The minimum atomic E-state index is -1.09. The molecule has 0 fully saturated rings. The van der Waals surface area contributed by atoms with Crippen LogP contribution in [0.4, 0.5) is 17.1 Å². The molecule has 2 unspecified atom stereocenters. The summed E-state index contributed by atoms with van der Waals surface area (Å²) in [4.78, 5) is 161. The highest BCUT2D eigenvalue weighted by molar-refractivity contribution is 6.05. The van der Waals surface area contributed by atoms with Crippen molar-refractivity contribution >= 4 is 92.9 Å². The van der Waals surface area contributed by atoms with Crippen molar-refractivity contribution < 1.29 is 73.2 Å². The van der Waals surface area contributed by atoms with E-state index in [-0.39, 0.29) is 116 Å². The lowest BCUT2D eigenvalue weighted by Gasteiger charge is -2.36. The van der Waals surface area contributed by atoms with Crippen molar-refractivity contribution in [1.29, 1.82) is 0 Å². The Kier molecular flexibility index (Phi) is 40.1. The SMILES string of the molecule is CCCCN(CCCC)C(=O)c1cc(C)n(-c2ccc(NC(=O)C(C)CC(=O)O)cc2C(=O)N2Cc3ccccc3C[C@H]2CO)n1.CCCCN(CCCC)C(=O)c1cc(C)n(-c2ccc(NC(=O)C(CC(=O)N(C)C)c3ccccc3)cc2C(=O)N2Cc3ccccc3C[C@H]2CO)n1.CCCCN(CCCC)C(=O)c1cc(C)n(-c2ccc(NC(=O)Cc3ccc4ccccc4c3)cc2C(=O)N2Cc3ccccc3C[C@H]2CO)n1. The summed E-state index contributed by atoms with van der Waals surface area (Å²) in [6.07, 6.45) is 12.5. The molecule has 12 aromatic rings. The van der Waals surface area contributed by atoms with E-state index in [9.17, 15) is 68.1 Å². The van der Waals surface area contributed by atoms with E-state index in [2.05, 4.69) is 62.6 Å². The van der Waals surface area contributed by atoms with Crippen molar-refractivity contribution in [2.75, 3.05) is 89.1 Å². The van der Waals surface area contributed by atoms with E-state index >= 15 is 0 Å². The number of hydrogen-bond acceptors (Lipinski definition) is 17. The molecule has 0 saturated heterocycles. The highest BCUT2D eigenvalue weighted by Gasteiger charge is 2.38. The van der Waals surface area contributed by atoms with Gasteiger partial charge in [-0.05, 0) is 207 Å². The van der Waals surface area contributed by atoms with Crippen LogP contribution in [0.15, 0.2) is 218 Å². The fourth-order valence-electron chi connectivity index (χ4n) is 19.3. The van der Waals surface area contributed by atoms with Gasteiger partial charge in [-0.3, -0.25) is 52.7 Å². The number of aromatic nitrogens is 6. The molecular formula is C119H144N16O15. The van der Waals surface area contributed by atoms with Crippen LogP contribution >= 0.6 is 0 Å². The Labute approximate surface area is 879 Å². The van der Waals surface area contributed by atoms with Gasteiger partial charge >= 0.3 is 5.97 Å². The smallest absolute Gasteiger partial charge is 0.304 e. The number of aliphatic carboxylic acids is 1. The highest BCUT2D eigenvalue weighted by atomic mass is 16.4. The van der Waals surface area contributed by atoms with Gasteiger partial charge in [-0.25, -0.2) is 14.0 Å². The molecule has 150 heavy (non-hydrogen) atoms. The Bertz CT molecular complexity index is 6740. The van der Waals surface area contributed by atoms with E-state index in [1.165, 1.54) is 11.8 Å². The number of aliphatic hydroxyl groups excluding tert-OH is 3. The number of anilines is 3. The number of unbranched alkanes of at least 4 members (excludes halogenated alkanes) is 6. The number of fused-ring (bicyclic) bond motifs is 4. The average molecular weight is 2040 g/mol. The lowest BCUT2D eigenvalue weighted by atomic mass is 9.93. The largest absolute Gasteiger partial charge is 0.481 e. The number of carboxylic acids is 1. The summed E-state index contributed by atoms with van der Waals surface area (Å²) in [5.41, 5.74) is 14.1. The third kappa shape index (κ3) is 28.1. The third-order valence-electron chi connectivity index (χ3n) is 28.0. The van der Waals surface area contributed by atoms with Crippen LogP contribution in [-0.4, -0.2) is 240 Å². The van der Waals surface area contributed by atoms with Crippen LogP contribution in [-0.2, 0) is 69.3 Å². The molecular weight excluding hydrogens is 1890 g/mol. The van der Waals surface area contributed by atoms with Gasteiger partial charge in [-0.1, -0.05) is 233 Å². The van der Waals surface area contributed by atoms with Crippen molar-refractivity contribution in [2.45, 2.75) is 228 Å². The number of benzene rings is 9. The highest BCUT2D eigenvalue weighted by Crippen LogP contribution is 2.36. The maximum Gasteiger partial charge on any atom is 0.304 e. The van der Waals surface area contributed by atoms with Gasteiger partial charge in [-0.2, -0.15) is 15.3 Å². The van der Waals surface area contributed by atoms with E-state index in [4.69, 9.17) is 15.3 Å². The van der Waals surface area contributed by atoms with Gasteiger partial charge in [-0.15, -0.1) is 0 Å². The van der Waals surface area contributed by atoms with Gasteiger partial charge in [0.25, 0.3) is 35.4 Å². The average Bonchev–Trinajstić information content (AvgIpc) is 1.46. The number of nitrogens with zero attached hydrogens (tertiary/aromatic N) is 13. The normalized spacial score (nSPS) is 14.3. The molecule has 3 aliphatic rings. The number of aliphatic hydroxyl groups is 3. The Hall–Kier alpha value is -15.1. The van der Waals surface area contributed by atoms with Gasteiger partial charge in [0.2, 0.25) is 23.6 Å². The van der Waals surface area contributed by atoms with Crippen LogP contribution in [0, 0.1) is 26.7 Å². The van der Waals surface area contributed by atoms with Crippen LogP contribution in [0.3, 0.4) is 0 Å². The van der Waals surface area contributed by atoms with Crippen molar-refractivity contribution in [3.05, 3.63) is 314 Å². The van der Waals surface area contributed by atoms with Crippen molar-refractivity contribution in [1.82, 2.24) is 63.6 Å². The molecule has 0 saturated carbocycles. The first kappa shape index (κ1) is 112. The zero-order valence-corrected chi connectivity index (χ0v) is 88.5. The molecule has 15 rings (SSSR count). The topological polar surface area (TPSA) is 381 Å². The molecule has 0 aliphatic carbocycles. The lowest BCUT2D eigenvalue weighted by Crippen LogP contribution is -2.46. The molecule has 3 aromatic heterocycles. The number of hydrogen-bond donors (Lipinski definition) is 7. The van der Waals surface area contributed by atoms with Crippen LogP contribution in [0.1, 0.15) is 268 Å². The molecule has 0 spiro atoms. The van der Waals surface area contributed by atoms with E-state index in [1.807, 2.05) is 181 Å². The molecule has 31 nitrogen and oxygen atoms in total. The molecule has 5 atom stereocenters. The second-order valence-electron chi connectivity index (χ2n) is 39.5. The third-order valence-corrected chi connectivity index (χ3v) is 28.0. The Morgan fingerprint density at radius 1 is 0.373 bits per heavy atom. The van der Waals surface area contributed by atoms with E-state index < -0.39 is 41.8 Å². The Morgan fingerprint density at radius 2 is 0.700 bits per heavy atom. The van der Waals surface area contributed by atoms with E-state index in [0.29, 0.717) is 145 Å². The summed E-state index contributed by atoms with van der Waals surface area (Å²) < 4.78 is 4.83. The summed E-state index contributed by atoms with van der Waals surface area (Å²) in [6, 6.07) is 65.8. The quantitative estimate of drug-likeness (QED) is 0.0187. The number of nitrogens with one attached hydrogen (secondary N) is 3. The second kappa shape index (κ2) is 53.7. The minimum Gasteiger partial charge on any atom is -0.481 e. The second-order valence-corrected chi connectivity index (χ2v) is 39.5.